The number of amides is 3. The van der Waals surface area contributed by atoms with Gasteiger partial charge in [0, 0.05) is 36.1 Å². The molecular formula is C32H32ClN5O6. The molecule has 44 heavy (non-hydrogen) atoms. The summed E-state index contributed by atoms with van der Waals surface area (Å²) in [6.07, 6.45) is 2.63. The number of nitrogens with zero attached hydrogens (tertiary/aromatic N) is 4. The molecule has 0 bridgehead atoms. The maximum atomic E-state index is 14.4. The van der Waals surface area contributed by atoms with E-state index in [1.165, 1.54) is 17.0 Å². The number of aliphatic carboxylic acids is 1. The van der Waals surface area contributed by atoms with E-state index in [9.17, 15) is 24.3 Å². The second-order valence-corrected chi connectivity index (χ2v) is 12.0. The summed E-state index contributed by atoms with van der Waals surface area (Å²) in [6, 6.07) is 13.8. The first-order valence-electron chi connectivity index (χ1n) is 14.1. The monoisotopic (exact) mass is 617 g/mol. The molecule has 2 unspecified atom stereocenters. The van der Waals surface area contributed by atoms with Crippen LogP contribution in [0.25, 0.3) is 0 Å². The van der Waals surface area contributed by atoms with Gasteiger partial charge in [0.2, 0.25) is 5.91 Å². The van der Waals surface area contributed by atoms with Crippen molar-refractivity contribution < 1.29 is 29.0 Å². The predicted octanol–water partition coefficient (Wildman–Crippen LogP) is 4.67. The highest BCUT2D eigenvalue weighted by Crippen LogP contribution is 2.45. The summed E-state index contributed by atoms with van der Waals surface area (Å²) in [4.78, 5) is 63.2. The zero-order chi connectivity index (χ0) is 31.6. The zero-order valence-corrected chi connectivity index (χ0v) is 25.2. The topological polar surface area (TPSA) is 142 Å². The number of carboxylic acid groups (broad SMARTS) is 1. The average molecular weight is 618 g/mol. The van der Waals surface area contributed by atoms with E-state index in [1.54, 1.807) is 41.6 Å². The van der Waals surface area contributed by atoms with Gasteiger partial charge in [-0.05, 0) is 62.2 Å². The number of urea groups is 1. The molecule has 3 heterocycles. The Balaban J connectivity index is 1.71. The fourth-order valence-corrected chi connectivity index (χ4v) is 5.36. The minimum atomic E-state index is -1.25. The minimum absolute atomic E-state index is 0.123. The molecule has 2 aromatic carbocycles. The largest absolute Gasteiger partial charge is 0.487 e. The number of pyridine rings is 1. The Hall–Kier alpha value is -4.77. The Morgan fingerprint density at radius 1 is 1.09 bits per heavy atom. The van der Waals surface area contributed by atoms with Gasteiger partial charge in [-0.25, -0.2) is 4.79 Å². The smallest absolute Gasteiger partial charge is 0.326 e. The molecule has 1 aromatic heterocycles. The van der Waals surface area contributed by atoms with Crippen molar-refractivity contribution in [3.63, 3.8) is 0 Å². The van der Waals surface area contributed by atoms with Gasteiger partial charge in [0.1, 0.15) is 36.2 Å². The van der Waals surface area contributed by atoms with Crippen molar-refractivity contribution in [3.05, 3.63) is 94.3 Å². The van der Waals surface area contributed by atoms with Crippen molar-refractivity contribution in [2.45, 2.75) is 44.9 Å². The number of nitrogens with one attached hydrogen (secondary N) is 1. The van der Waals surface area contributed by atoms with E-state index in [0.717, 1.165) is 5.56 Å². The summed E-state index contributed by atoms with van der Waals surface area (Å²) >= 11 is 6.21. The van der Waals surface area contributed by atoms with Crippen molar-refractivity contribution in [1.29, 1.82) is 0 Å². The molecule has 2 atom stereocenters. The number of aliphatic imine (C=N–C) groups is 1. The lowest BCUT2D eigenvalue weighted by atomic mass is 9.94. The molecule has 0 aliphatic carbocycles. The highest BCUT2D eigenvalue weighted by atomic mass is 35.5. The number of halogens is 1. The number of hydrogen-bond acceptors (Lipinski definition) is 7. The molecule has 2 N–H and O–H groups in total. The summed E-state index contributed by atoms with van der Waals surface area (Å²) in [5.74, 6) is -1.58. The molecule has 1 saturated heterocycles. The van der Waals surface area contributed by atoms with Crippen LogP contribution in [0.15, 0.2) is 72.0 Å². The van der Waals surface area contributed by atoms with Crippen LogP contribution in [0, 0.1) is 0 Å². The summed E-state index contributed by atoms with van der Waals surface area (Å²) in [5.41, 5.74) is 1.36. The van der Waals surface area contributed by atoms with Gasteiger partial charge in [0.15, 0.2) is 5.78 Å². The number of aromatic nitrogens is 1. The molecule has 3 aromatic rings. The van der Waals surface area contributed by atoms with E-state index in [2.05, 4.69) is 10.3 Å². The van der Waals surface area contributed by atoms with Crippen LogP contribution >= 0.6 is 11.6 Å². The fraction of sp³-hybridized carbons (Fsp3) is 0.312. The summed E-state index contributed by atoms with van der Waals surface area (Å²) in [7, 11) is 0. The summed E-state index contributed by atoms with van der Waals surface area (Å²) < 4.78 is 6.30. The van der Waals surface area contributed by atoms with E-state index < -0.39 is 41.9 Å². The van der Waals surface area contributed by atoms with Gasteiger partial charge in [-0.3, -0.25) is 29.3 Å². The van der Waals surface area contributed by atoms with Crippen molar-refractivity contribution >= 4 is 41.1 Å². The van der Waals surface area contributed by atoms with E-state index >= 15 is 0 Å². The third kappa shape index (κ3) is 6.73. The molecule has 1 fully saturated rings. The number of ketones is 1. The number of rotatable bonds is 7. The minimum Gasteiger partial charge on any atom is -0.487 e. The van der Waals surface area contributed by atoms with Crippen LogP contribution in [0.4, 0.5) is 4.79 Å². The molecule has 11 nitrogen and oxygen atoms in total. The number of amidine groups is 1. The van der Waals surface area contributed by atoms with E-state index in [4.69, 9.17) is 21.3 Å². The number of carbonyl (C=O) groups excluding carboxylic acids is 3. The highest BCUT2D eigenvalue weighted by Gasteiger charge is 2.45. The number of hydrogen-bond donors (Lipinski definition) is 2. The average Bonchev–Trinajstić information content (AvgIpc) is 3.36. The van der Waals surface area contributed by atoms with Crippen LogP contribution in [-0.2, 0) is 9.59 Å². The van der Waals surface area contributed by atoms with Crippen LogP contribution in [0.2, 0.25) is 5.02 Å². The molecule has 0 radical (unpaired) electrons. The maximum absolute atomic E-state index is 14.4. The molecule has 5 rings (SSSR count). The van der Waals surface area contributed by atoms with Crippen molar-refractivity contribution in [3.8, 4) is 5.75 Å². The van der Waals surface area contributed by atoms with Gasteiger partial charge in [-0.2, -0.15) is 0 Å². The first-order chi connectivity index (χ1) is 20.9. The standard InChI is InChI=1S/C32H32ClN5O6/c1-32(2,3)44-25-15-20(24(39)16-27(41)42)8-11-23(25)30-36-28(19-6-9-22(33)10-7-19)29(21-5-4-12-34-17-21)38(30)31(43)37-14-13-35-26(40)18-37/h4-12,15,17,28-29H,13-14,16,18H2,1-3H3,(H,35,40)(H,41,42). The SMILES string of the molecule is CC(C)(C)Oc1cc(C(=O)CC(=O)O)ccc1C1=NC(c2ccc(Cl)cc2)C(c2cccnc2)N1C(=O)N1CCNC(=O)C1. The second kappa shape index (κ2) is 12.5. The normalized spacial score (nSPS) is 18.5. The summed E-state index contributed by atoms with van der Waals surface area (Å²) in [5, 5.41) is 12.5. The molecule has 2 aliphatic rings. The van der Waals surface area contributed by atoms with Gasteiger partial charge in [0.05, 0.1) is 11.6 Å². The lowest BCUT2D eigenvalue weighted by Gasteiger charge is -2.36. The Morgan fingerprint density at radius 3 is 2.48 bits per heavy atom. The predicted molar refractivity (Wildman–Crippen MR) is 163 cm³/mol. The number of benzene rings is 2. The highest BCUT2D eigenvalue weighted by molar-refractivity contribution is 6.30. The van der Waals surface area contributed by atoms with Crippen molar-refractivity contribution in [1.82, 2.24) is 20.1 Å². The molecule has 0 saturated carbocycles. The molecule has 3 amide bonds. The number of carboxylic acids is 1. The lowest BCUT2D eigenvalue weighted by Crippen LogP contribution is -2.55. The first kappa shape index (κ1) is 30.7. The van der Waals surface area contributed by atoms with E-state index in [1.807, 2.05) is 39.0 Å². The molecule has 228 valence electrons. The number of ether oxygens (including phenoxy) is 1. The Bertz CT molecular complexity index is 1620. The number of piperazine rings is 1. The second-order valence-electron chi connectivity index (χ2n) is 11.5. The van der Waals surface area contributed by atoms with Gasteiger partial charge in [0.25, 0.3) is 0 Å². The van der Waals surface area contributed by atoms with Crippen molar-refractivity contribution in [2.24, 2.45) is 4.99 Å². The van der Waals surface area contributed by atoms with Crippen molar-refractivity contribution in [2.75, 3.05) is 19.6 Å². The Labute approximate surface area is 259 Å². The molecule has 0 spiro atoms. The van der Waals surface area contributed by atoms with E-state index in [0.29, 0.717) is 29.2 Å². The van der Waals surface area contributed by atoms with Crippen LogP contribution in [0.1, 0.15) is 66.3 Å². The quantitative estimate of drug-likeness (QED) is 0.290. The van der Waals surface area contributed by atoms with Gasteiger partial charge < -0.3 is 20.1 Å². The van der Waals surface area contributed by atoms with Gasteiger partial charge in [-0.15, -0.1) is 0 Å². The Kier molecular flexibility index (Phi) is 8.68. The molecule has 12 heteroatoms. The number of carbonyl (C=O) groups is 4. The maximum Gasteiger partial charge on any atom is 0.326 e. The lowest BCUT2D eigenvalue weighted by molar-refractivity contribution is -0.136. The molecular weight excluding hydrogens is 586 g/mol. The first-order valence-corrected chi connectivity index (χ1v) is 14.5. The third-order valence-corrected chi connectivity index (χ3v) is 7.34. The number of Topliss-reactive ketones (excluding diaryl/α,β-unsaturated/α-hetero) is 1. The van der Waals surface area contributed by atoms with Gasteiger partial charge >= 0.3 is 12.0 Å². The molecule has 2 aliphatic heterocycles. The zero-order valence-electron chi connectivity index (χ0n) is 24.5. The summed E-state index contributed by atoms with van der Waals surface area (Å²) in [6.45, 7) is 5.99. The van der Waals surface area contributed by atoms with Gasteiger partial charge in [-0.1, -0.05) is 35.9 Å². The van der Waals surface area contributed by atoms with Crippen LogP contribution in [0.3, 0.4) is 0 Å². The van der Waals surface area contributed by atoms with Crippen LogP contribution in [-0.4, -0.2) is 74.7 Å². The third-order valence-electron chi connectivity index (χ3n) is 7.09. The van der Waals surface area contributed by atoms with E-state index in [-0.39, 0.29) is 29.6 Å². The Morgan fingerprint density at radius 2 is 1.84 bits per heavy atom. The fourth-order valence-electron chi connectivity index (χ4n) is 5.23. The van der Waals surface area contributed by atoms with Crippen LogP contribution in [0.5, 0.6) is 5.75 Å². The van der Waals surface area contributed by atoms with Crippen LogP contribution < -0.4 is 10.1 Å².